The van der Waals surface area contributed by atoms with Crippen LogP contribution in [0.3, 0.4) is 0 Å². The minimum atomic E-state index is -0.220. The third kappa shape index (κ3) is 8.43. The van der Waals surface area contributed by atoms with Crippen LogP contribution in [0.1, 0.15) is 88.6 Å². The zero-order chi connectivity index (χ0) is 34.5. The van der Waals surface area contributed by atoms with E-state index in [0.717, 1.165) is 67.0 Å². The van der Waals surface area contributed by atoms with Crippen LogP contribution >= 0.6 is 0 Å². The molecule has 3 aromatic rings. The Balaban J connectivity index is 1.14. The number of nitrogens with zero attached hydrogens (tertiary/aromatic N) is 7. The van der Waals surface area contributed by atoms with Crippen LogP contribution in [-0.2, 0) is 9.53 Å². The zero-order valence-corrected chi connectivity index (χ0v) is 29.9. The molecule has 0 atom stereocenters. The molecule has 0 N–H and O–H groups in total. The third-order valence-corrected chi connectivity index (χ3v) is 10.8. The first-order chi connectivity index (χ1) is 23.7. The Morgan fingerprint density at radius 2 is 1.69 bits per heavy atom. The number of aromatic nitrogens is 4. The molecule has 0 spiro atoms. The van der Waals surface area contributed by atoms with Crippen molar-refractivity contribution in [2.45, 2.75) is 90.2 Å². The quantitative estimate of drug-likeness (QED) is 0.254. The number of methoxy groups -OCH3 is 1. The maximum Gasteiger partial charge on any atom is 0.410 e. The van der Waals surface area contributed by atoms with Crippen molar-refractivity contribution in [1.29, 1.82) is 0 Å². The van der Waals surface area contributed by atoms with Gasteiger partial charge in [-0.15, -0.1) is 0 Å². The van der Waals surface area contributed by atoms with Crippen LogP contribution in [0.5, 0.6) is 5.75 Å². The summed E-state index contributed by atoms with van der Waals surface area (Å²) < 4.78 is 13.3. The van der Waals surface area contributed by atoms with E-state index in [-0.39, 0.29) is 30.1 Å². The summed E-state index contributed by atoms with van der Waals surface area (Å²) in [7, 11) is 3.75. The van der Waals surface area contributed by atoms with E-state index >= 15 is 0 Å². The van der Waals surface area contributed by atoms with E-state index in [1.54, 1.807) is 13.3 Å². The highest BCUT2D eigenvalue weighted by Crippen LogP contribution is 2.38. The van der Waals surface area contributed by atoms with Crippen LogP contribution in [-0.4, -0.2) is 94.5 Å². The molecule has 3 aliphatic rings. The van der Waals surface area contributed by atoms with Gasteiger partial charge in [0.2, 0.25) is 5.91 Å². The second kappa shape index (κ2) is 15.7. The highest BCUT2D eigenvalue weighted by molar-refractivity contribution is 5.94. The number of anilines is 1. The van der Waals surface area contributed by atoms with Gasteiger partial charge in [0, 0.05) is 74.3 Å². The zero-order valence-electron chi connectivity index (χ0n) is 29.9. The van der Waals surface area contributed by atoms with E-state index in [4.69, 9.17) is 19.4 Å². The highest BCUT2D eigenvalue weighted by Gasteiger charge is 2.35. The lowest BCUT2D eigenvalue weighted by Gasteiger charge is -2.36. The molecule has 11 nitrogen and oxygen atoms in total. The van der Waals surface area contributed by atoms with Gasteiger partial charge in [-0.3, -0.25) is 19.4 Å². The van der Waals surface area contributed by atoms with Crippen LogP contribution in [0.2, 0.25) is 0 Å². The number of hydrogen-bond acceptors (Lipinski definition) is 8. The van der Waals surface area contributed by atoms with Gasteiger partial charge in [-0.2, -0.15) is 5.10 Å². The predicted molar refractivity (Wildman–Crippen MR) is 190 cm³/mol. The number of carbonyl (C=O) groups excluding carboxylic acids is 2. The molecule has 4 heterocycles. The maximum absolute atomic E-state index is 14.4. The van der Waals surface area contributed by atoms with Gasteiger partial charge in [0.25, 0.3) is 0 Å². The van der Waals surface area contributed by atoms with E-state index in [0.29, 0.717) is 63.0 Å². The second-order valence-electron chi connectivity index (χ2n) is 14.5. The number of piperazine rings is 1. The molecule has 11 heteroatoms. The van der Waals surface area contributed by atoms with Gasteiger partial charge in [0.15, 0.2) is 0 Å². The average Bonchev–Trinajstić information content (AvgIpc) is 3.63. The molecule has 0 aromatic carbocycles. The molecule has 49 heavy (non-hydrogen) atoms. The van der Waals surface area contributed by atoms with Crippen molar-refractivity contribution in [1.82, 2.24) is 29.5 Å². The predicted octanol–water partition coefficient (Wildman–Crippen LogP) is 6.49. The van der Waals surface area contributed by atoms with Crippen LogP contribution in [0, 0.1) is 18.8 Å². The van der Waals surface area contributed by atoms with Gasteiger partial charge in [-0.05, 0) is 115 Å². The van der Waals surface area contributed by atoms with Crippen molar-refractivity contribution in [3.05, 3.63) is 54.2 Å². The Morgan fingerprint density at radius 3 is 2.35 bits per heavy atom. The summed E-state index contributed by atoms with van der Waals surface area (Å²) in [6, 6.07) is 8.41. The Morgan fingerprint density at radius 1 is 0.959 bits per heavy atom. The van der Waals surface area contributed by atoms with Crippen LogP contribution < -0.4 is 9.64 Å². The molecule has 2 amide bonds. The summed E-state index contributed by atoms with van der Waals surface area (Å²) >= 11 is 0. The van der Waals surface area contributed by atoms with Crippen molar-refractivity contribution in [2.75, 3.05) is 51.8 Å². The van der Waals surface area contributed by atoms with Crippen molar-refractivity contribution < 1.29 is 19.1 Å². The Bertz CT molecular complexity index is 1570. The van der Waals surface area contributed by atoms with E-state index in [2.05, 4.69) is 43.2 Å². The molecule has 0 radical (unpaired) electrons. The fraction of sp³-hybridized carbons (Fsp3) is 0.605. The van der Waals surface area contributed by atoms with E-state index in [1.165, 1.54) is 0 Å². The number of aryl methyl sites for hydroxylation is 1. The van der Waals surface area contributed by atoms with E-state index < -0.39 is 0 Å². The molecule has 3 aromatic heterocycles. The molecule has 6 rings (SSSR count). The lowest BCUT2D eigenvalue weighted by Crippen LogP contribution is -2.48. The lowest BCUT2D eigenvalue weighted by molar-refractivity contribution is -0.124. The Labute approximate surface area is 291 Å². The molecule has 2 saturated carbocycles. The first-order valence-corrected chi connectivity index (χ1v) is 18.2. The van der Waals surface area contributed by atoms with Crippen molar-refractivity contribution in [3.63, 3.8) is 0 Å². The summed E-state index contributed by atoms with van der Waals surface area (Å²) in [5, 5.41) is 4.54. The number of carbonyl (C=O) groups is 2. The fourth-order valence-corrected chi connectivity index (χ4v) is 7.58. The second-order valence-corrected chi connectivity index (χ2v) is 14.5. The molecule has 264 valence electrons. The van der Waals surface area contributed by atoms with Gasteiger partial charge in [-0.1, -0.05) is 0 Å². The molecule has 0 unspecified atom stereocenters. The molecule has 1 saturated heterocycles. The van der Waals surface area contributed by atoms with Gasteiger partial charge in [-0.25, -0.2) is 9.78 Å². The van der Waals surface area contributed by atoms with Gasteiger partial charge < -0.3 is 19.3 Å². The van der Waals surface area contributed by atoms with Gasteiger partial charge >= 0.3 is 6.09 Å². The molecular formula is C38H53N7O4. The standard InChI is InChI=1S/C38H53N7O4/c1-26(2)45-25-32(23-40-45)31-16-17-39-36(22-31)44(24-28-6-8-29(9-7-28)34-14-15-35(48-5)27(3)41-34)37(46)30-10-12-33(13-11-30)49-38(47)43-20-18-42(4)19-21-43/h14-17,22-23,25-26,28-30,33H,6-13,18-21,24H2,1-5H3. The SMILES string of the molecule is COc1ccc(C2CCC(CN(C(=O)C3CCC(OC(=O)N4CCN(C)CC4)CC3)c3cc(-c4cnn(C(C)C)c4)ccn3)CC2)nc1C. The molecular weight excluding hydrogens is 618 g/mol. The summed E-state index contributed by atoms with van der Waals surface area (Å²) in [5.74, 6) is 2.29. The Kier molecular flexibility index (Phi) is 11.2. The average molecular weight is 672 g/mol. The first kappa shape index (κ1) is 34.9. The van der Waals surface area contributed by atoms with Crippen molar-refractivity contribution >= 4 is 17.8 Å². The number of pyridine rings is 2. The lowest BCUT2D eigenvalue weighted by atomic mass is 9.79. The minimum Gasteiger partial charge on any atom is -0.495 e. The topological polar surface area (TPSA) is 106 Å². The largest absolute Gasteiger partial charge is 0.495 e. The number of likely N-dealkylation sites (N-methyl/N-ethyl adjacent to an activating group) is 1. The van der Waals surface area contributed by atoms with Crippen LogP contribution in [0.15, 0.2) is 42.9 Å². The van der Waals surface area contributed by atoms with E-state index in [9.17, 15) is 9.59 Å². The van der Waals surface area contributed by atoms with Crippen LogP contribution in [0.25, 0.3) is 11.1 Å². The number of amides is 2. The van der Waals surface area contributed by atoms with Gasteiger partial charge in [0.1, 0.15) is 17.7 Å². The van der Waals surface area contributed by atoms with Crippen molar-refractivity contribution in [3.8, 4) is 16.9 Å². The fourth-order valence-electron chi connectivity index (χ4n) is 7.58. The monoisotopic (exact) mass is 671 g/mol. The van der Waals surface area contributed by atoms with Gasteiger partial charge in [0.05, 0.1) is 19.0 Å². The minimum absolute atomic E-state index is 0.126. The summed E-state index contributed by atoms with van der Waals surface area (Å²) in [6.07, 6.45) is 12.3. The Hall–Kier alpha value is -3.99. The smallest absolute Gasteiger partial charge is 0.410 e. The molecule has 0 bridgehead atoms. The summed E-state index contributed by atoms with van der Waals surface area (Å²) in [6.45, 7) is 9.97. The third-order valence-electron chi connectivity index (χ3n) is 10.8. The first-order valence-electron chi connectivity index (χ1n) is 18.2. The van der Waals surface area contributed by atoms with Crippen molar-refractivity contribution in [2.24, 2.45) is 11.8 Å². The number of hydrogen-bond donors (Lipinski definition) is 0. The molecule has 2 aliphatic carbocycles. The number of ether oxygens (including phenoxy) is 2. The number of rotatable bonds is 9. The molecule has 3 fully saturated rings. The molecule has 1 aliphatic heterocycles. The summed E-state index contributed by atoms with van der Waals surface area (Å²) in [5.41, 5.74) is 4.06. The normalized spacial score (nSPS) is 23.3. The summed E-state index contributed by atoms with van der Waals surface area (Å²) in [4.78, 5) is 42.9. The maximum atomic E-state index is 14.4. The van der Waals surface area contributed by atoms with E-state index in [1.807, 2.05) is 45.8 Å². The van der Waals surface area contributed by atoms with Crippen LogP contribution in [0.4, 0.5) is 10.6 Å². The highest BCUT2D eigenvalue weighted by atomic mass is 16.6.